The Hall–Kier alpha value is -2.34. The van der Waals surface area contributed by atoms with Gasteiger partial charge in [-0.15, -0.1) is 0 Å². The molecule has 0 fully saturated rings. The summed E-state index contributed by atoms with van der Waals surface area (Å²) in [7, 11) is 0. The van der Waals surface area contributed by atoms with E-state index in [0.29, 0.717) is 0 Å². The molecule has 1 aliphatic carbocycles. The molecular formula is C21H18. The van der Waals surface area contributed by atoms with Crippen LogP contribution in [0.1, 0.15) is 23.6 Å². The van der Waals surface area contributed by atoms with Gasteiger partial charge in [0.05, 0.1) is 0 Å². The van der Waals surface area contributed by atoms with Crippen LogP contribution < -0.4 is 0 Å². The second kappa shape index (κ2) is 4.60. The highest BCUT2D eigenvalue weighted by Crippen LogP contribution is 2.38. The van der Waals surface area contributed by atoms with Crippen molar-refractivity contribution in [3.05, 3.63) is 76.9 Å². The molecule has 0 saturated carbocycles. The lowest BCUT2D eigenvalue weighted by molar-refractivity contribution is 1.16. The largest absolute Gasteiger partial charge is 0.0683 e. The van der Waals surface area contributed by atoms with Crippen LogP contribution in [0.4, 0.5) is 0 Å². The van der Waals surface area contributed by atoms with Gasteiger partial charge in [0.1, 0.15) is 0 Å². The number of aryl methyl sites for hydroxylation is 1. The Morgan fingerprint density at radius 2 is 1.57 bits per heavy atom. The minimum absolute atomic E-state index is 1.10. The van der Waals surface area contributed by atoms with Crippen molar-refractivity contribution in [2.24, 2.45) is 0 Å². The van der Waals surface area contributed by atoms with Crippen LogP contribution in [0.15, 0.2) is 60.2 Å². The van der Waals surface area contributed by atoms with Crippen LogP contribution in [0.2, 0.25) is 0 Å². The predicted octanol–water partition coefficient (Wildman–Crippen LogP) is 5.77. The third-order valence-corrected chi connectivity index (χ3v) is 4.52. The van der Waals surface area contributed by atoms with Gasteiger partial charge in [0.2, 0.25) is 0 Å². The molecule has 3 aromatic rings. The van der Waals surface area contributed by atoms with Crippen LogP contribution in [0, 0.1) is 6.92 Å². The number of hydrogen-bond acceptors (Lipinski definition) is 0. The minimum atomic E-state index is 1.10. The monoisotopic (exact) mass is 270 g/mol. The smallest absolute Gasteiger partial charge is 0.00577 e. The summed E-state index contributed by atoms with van der Waals surface area (Å²) in [6, 6.07) is 19.8. The van der Waals surface area contributed by atoms with E-state index in [1.165, 1.54) is 44.2 Å². The lowest BCUT2D eigenvalue weighted by atomic mass is 9.91. The van der Waals surface area contributed by atoms with E-state index in [1.54, 1.807) is 0 Å². The number of hydrogen-bond donors (Lipinski definition) is 0. The van der Waals surface area contributed by atoms with Gasteiger partial charge in [0, 0.05) is 0 Å². The minimum Gasteiger partial charge on any atom is -0.0683 e. The standard InChI is InChI=1S/C21H18/c1-14-12-20-15(2)10-11-19(21(20)13-14)18-9-5-7-16-6-3-4-8-17(16)18/h3-11,13H,12H2,1-2H3. The summed E-state index contributed by atoms with van der Waals surface area (Å²) < 4.78 is 0. The molecule has 1 aliphatic rings. The average Bonchev–Trinajstić information content (AvgIpc) is 2.90. The number of benzene rings is 3. The van der Waals surface area contributed by atoms with Crippen molar-refractivity contribution in [2.75, 3.05) is 0 Å². The number of allylic oxidation sites excluding steroid dienone is 1. The fourth-order valence-corrected chi connectivity index (χ4v) is 3.44. The summed E-state index contributed by atoms with van der Waals surface area (Å²) in [6.07, 6.45) is 3.46. The maximum atomic E-state index is 2.36. The topological polar surface area (TPSA) is 0 Å². The molecule has 0 N–H and O–H groups in total. The van der Waals surface area contributed by atoms with Gasteiger partial charge in [-0.25, -0.2) is 0 Å². The molecule has 0 radical (unpaired) electrons. The molecule has 4 rings (SSSR count). The van der Waals surface area contributed by atoms with Crippen molar-refractivity contribution in [3.63, 3.8) is 0 Å². The maximum absolute atomic E-state index is 2.36. The Morgan fingerprint density at radius 3 is 2.48 bits per heavy atom. The van der Waals surface area contributed by atoms with Crippen LogP contribution in [-0.4, -0.2) is 0 Å². The SMILES string of the molecule is CC1=Cc2c(-c3cccc4ccccc34)ccc(C)c2C1. The van der Waals surface area contributed by atoms with E-state index in [9.17, 15) is 0 Å². The van der Waals surface area contributed by atoms with Crippen molar-refractivity contribution < 1.29 is 0 Å². The molecule has 0 heterocycles. The summed E-state index contributed by atoms with van der Waals surface area (Å²) >= 11 is 0. The van der Waals surface area contributed by atoms with E-state index in [-0.39, 0.29) is 0 Å². The van der Waals surface area contributed by atoms with Crippen LogP contribution in [0.3, 0.4) is 0 Å². The zero-order chi connectivity index (χ0) is 14.4. The molecule has 0 amide bonds. The van der Waals surface area contributed by atoms with Gasteiger partial charge >= 0.3 is 0 Å². The first-order valence-corrected chi connectivity index (χ1v) is 7.52. The first kappa shape index (κ1) is 12.4. The van der Waals surface area contributed by atoms with Crippen molar-refractivity contribution in [1.29, 1.82) is 0 Å². The molecule has 21 heavy (non-hydrogen) atoms. The Morgan fingerprint density at radius 1 is 0.762 bits per heavy atom. The summed E-state index contributed by atoms with van der Waals surface area (Å²) in [5.41, 5.74) is 8.49. The van der Waals surface area contributed by atoms with Gasteiger partial charge in [-0.05, 0) is 58.9 Å². The molecule has 0 heteroatoms. The molecule has 0 atom stereocenters. The molecule has 0 unspecified atom stereocenters. The van der Waals surface area contributed by atoms with Crippen LogP contribution >= 0.6 is 0 Å². The van der Waals surface area contributed by atoms with Crippen LogP contribution in [0.25, 0.3) is 28.0 Å². The highest BCUT2D eigenvalue weighted by molar-refractivity contribution is 5.99. The Labute approximate surface area is 125 Å². The highest BCUT2D eigenvalue weighted by Gasteiger charge is 2.17. The third kappa shape index (κ3) is 1.91. The van der Waals surface area contributed by atoms with E-state index in [4.69, 9.17) is 0 Å². The van der Waals surface area contributed by atoms with E-state index in [0.717, 1.165) is 6.42 Å². The van der Waals surface area contributed by atoms with Crippen LogP contribution in [0.5, 0.6) is 0 Å². The fraction of sp³-hybridized carbons (Fsp3) is 0.143. The lowest BCUT2D eigenvalue weighted by Gasteiger charge is -2.13. The normalized spacial score (nSPS) is 13.3. The molecule has 0 spiro atoms. The number of fused-ring (bicyclic) bond motifs is 2. The first-order chi connectivity index (χ1) is 10.2. The van der Waals surface area contributed by atoms with Gasteiger partial charge in [0.15, 0.2) is 0 Å². The second-order valence-corrected chi connectivity index (χ2v) is 6.02. The fourth-order valence-electron chi connectivity index (χ4n) is 3.44. The molecule has 102 valence electrons. The van der Waals surface area contributed by atoms with Gasteiger partial charge in [-0.3, -0.25) is 0 Å². The van der Waals surface area contributed by atoms with Gasteiger partial charge in [-0.2, -0.15) is 0 Å². The molecule has 0 aliphatic heterocycles. The van der Waals surface area contributed by atoms with E-state index < -0.39 is 0 Å². The maximum Gasteiger partial charge on any atom is -0.00577 e. The molecule has 3 aromatic carbocycles. The van der Waals surface area contributed by atoms with Gasteiger partial charge in [0.25, 0.3) is 0 Å². The van der Waals surface area contributed by atoms with Crippen molar-refractivity contribution in [3.8, 4) is 11.1 Å². The van der Waals surface area contributed by atoms with Gasteiger partial charge < -0.3 is 0 Å². The Bertz CT molecular complexity index is 876. The molecule has 0 bridgehead atoms. The van der Waals surface area contributed by atoms with E-state index >= 15 is 0 Å². The van der Waals surface area contributed by atoms with Crippen LogP contribution in [-0.2, 0) is 6.42 Å². The quantitative estimate of drug-likeness (QED) is 0.526. The third-order valence-electron chi connectivity index (χ3n) is 4.52. The second-order valence-electron chi connectivity index (χ2n) is 6.02. The number of rotatable bonds is 1. The van der Waals surface area contributed by atoms with E-state index in [2.05, 4.69) is 74.5 Å². The zero-order valence-electron chi connectivity index (χ0n) is 12.5. The van der Waals surface area contributed by atoms with Crippen molar-refractivity contribution >= 4 is 16.8 Å². The zero-order valence-corrected chi connectivity index (χ0v) is 12.5. The van der Waals surface area contributed by atoms with Gasteiger partial charge in [-0.1, -0.05) is 66.2 Å². The summed E-state index contributed by atoms with van der Waals surface area (Å²) in [6.45, 7) is 4.45. The summed E-state index contributed by atoms with van der Waals surface area (Å²) in [4.78, 5) is 0. The average molecular weight is 270 g/mol. The summed E-state index contributed by atoms with van der Waals surface area (Å²) in [5.74, 6) is 0. The molecular weight excluding hydrogens is 252 g/mol. The van der Waals surface area contributed by atoms with Crippen molar-refractivity contribution in [2.45, 2.75) is 20.3 Å². The Balaban J connectivity index is 2.05. The molecule has 0 nitrogen and oxygen atoms in total. The lowest BCUT2D eigenvalue weighted by Crippen LogP contribution is -1.92. The van der Waals surface area contributed by atoms with E-state index in [1.807, 2.05) is 0 Å². The van der Waals surface area contributed by atoms with Crippen molar-refractivity contribution in [1.82, 2.24) is 0 Å². The summed E-state index contributed by atoms with van der Waals surface area (Å²) in [5, 5.41) is 2.65. The first-order valence-electron chi connectivity index (χ1n) is 7.52. The predicted molar refractivity (Wildman–Crippen MR) is 91.5 cm³/mol. The molecule has 0 saturated heterocycles. The highest BCUT2D eigenvalue weighted by atomic mass is 14.2. The Kier molecular flexibility index (Phi) is 2.71. The molecule has 0 aromatic heterocycles.